The van der Waals surface area contributed by atoms with Crippen molar-refractivity contribution in [3.05, 3.63) is 52.7 Å². The zero-order valence-corrected chi connectivity index (χ0v) is 19.7. The third-order valence-electron chi connectivity index (χ3n) is 7.25. The van der Waals surface area contributed by atoms with Gasteiger partial charge in [-0.15, -0.1) is 11.3 Å². The maximum absolute atomic E-state index is 13.3. The number of hydrogen-bond acceptors (Lipinski definition) is 6. The predicted octanol–water partition coefficient (Wildman–Crippen LogP) is 3.99. The summed E-state index contributed by atoms with van der Waals surface area (Å²) in [6.45, 7) is 6.64. The van der Waals surface area contributed by atoms with Gasteiger partial charge in [0, 0.05) is 38.1 Å². The highest BCUT2D eigenvalue weighted by molar-refractivity contribution is 7.20. The average molecular weight is 450 g/mol. The van der Waals surface area contributed by atoms with Crippen molar-refractivity contribution in [1.82, 2.24) is 20.2 Å². The lowest BCUT2D eigenvalue weighted by molar-refractivity contribution is 0.0946. The summed E-state index contributed by atoms with van der Waals surface area (Å²) in [6.07, 6.45) is 6.33. The first kappa shape index (κ1) is 21.3. The Kier molecular flexibility index (Phi) is 5.86. The molecule has 0 unspecified atom stereocenters. The second kappa shape index (κ2) is 8.79. The van der Waals surface area contributed by atoms with E-state index >= 15 is 0 Å². The van der Waals surface area contributed by atoms with Gasteiger partial charge in [-0.1, -0.05) is 43.2 Å². The zero-order valence-electron chi connectivity index (χ0n) is 18.9. The number of nitrogens with one attached hydrogen (secondary N) is 1. The molecule has 3 heterocycles. The van der Waals surface area contributed by atoms with Gasteiger partial charge in [-0.3, -0.25) is 4.79 Å². The van der Waals surface area contributed by atoms with Crippen LogP contribution in [-0.4, -0.2) is 60.5 Å². The van der Waals surface area contributed by atoms with Gasteiger partial charge in [0.15, 0.2) is 0 Å². The Morgan fingerprint density at radius 3 is 2.53 bits per heavy atom. The molecule has 1 aliphatic carbocycles. The molecule has 168 valence electrons. The lowest BCUT2D eigenvalue weighted by Gasteiger charge is -2.33. The van der Waals surface area contributed by atoms with Crippen molar-refractivity contribution in [1.29, 1.82) is 0 Å². The van der Waals surface area contributed by atoms with Crippen LogP contribution in [0.25, 0.3) is 10.2 Å². The summed E-state index contributed by atoms with van der Waals surface area (Å²) >= 11 is 1.49. The van der Waals surface area contributed by atoms with Crippen molar-refractivity contribution in [2.24, 2.45) is 0 Å². The summed E-state index contributed by atoms with van der Waals surface area (Å²) in [5.41, 5.74) is 2.39. The molecule has 1 saturated heterocycles. The molecular weight excluding hydrogens is 418 g/mol. The number of rotatable bonds is 5. The first-order chi connectivity index (χ1) is 15.6. The Hall–Kier alpha value is -2.51. The number of nitrogens with zero attached hydrogens (tertiary/aromatic N) is 4. The van der Waals surface area contributed by atoms with Gasteiger partial charge in [-0.25, -0.2) is 9.97 Å². The van der Waals surface area contributed by atoms with E-state index in [9.17, 15) is 4.79 Å². The number of amides is 1. The minimum atomic E-state index is 0.0111. The Labute approximate surface area is 193 Å². The molecule has 0 spiro atoms. The van der Waals surface area contributed by atoms with E-state index < -0.39 is 0 Å². The molecule has 7 heteroatoms. The monoisotopic (exact) mass is 449 g/mol. The maximum Gasteiger partial charge on any atom is 0.261 e. The third-order valence-corrected chi connectivity index (χ3v) is 8.45. The Bertz CT molecular complexity index is 1100. The molecule has 2 aliphatic rings. The van der Waals surface area contributed by atoms with Crippen molar-refractivity contribution < 1.29 is 4.79 Å². The van der Waals surface area contributed by atoms with Gasteiger partial charge in [0.05, 0.1) is 10.3 Å². The second-order valence-corrected chi connectivity index (χ2v) is 10.3. The molecule has 6 nitrogen and oxygen atoms in total. The molecule has 2 aromatic heterocycles. The number of aromatic nitrogens is 2. The largest absolute Gasteiger partial charge is 0.353 e. The van der Waals surface area contributed by atoms with Crippen LogP contribution in [0, 0.1) is 6.92 Å². The highest BCUT2D eigenvalue weighted by atomic mass is 32.1. The van der Waals surface area contributed by atoms with Crippen LogP contribution in [0.4, 0.5) is 5.82 Å². The number of likely N-dealkylation sites (N-methyl/N-ethyl adjacent to an activating group) is 1. The van der Waals surface area contributed by atoms with Gasteiger partial charge in [0.2, 0.25) is 0 Å². The fourth-order valence-corrected chi connectivity index (χ4v) is 6.33. The smallest absolute Gasteiger partial charge is 0.261 e. The Balaban J connectivity index is 1.39. The van der Waals surface area contributed by atoms with Crippen LogP contribution in [0.2, 0.25) is 0 Å². The highest BCUT2D eigenvalue weighted by Crippen LogP contribution is 2.41. The minimum absolute atomic E-state index is 0.0111. The fourth-order valence-electron chi connectivity index (χ4n) is 5.27. The number of hydrogen-bond donors (Lipinski definition) is 1. The number of carbonyl (C=O) groups is 1. The molecule has 5 rings (SSSR count). The summed E-state index contributed by atoms with van der Waals surface area (Å²) in [7, 11) is 2.15. The molecule has 1 amide bonds. The van der Waals surface area contributed by atoms with Crippen LogP contribution in [0.5, 0.6) is 0 Å². The van der Waals surface area contributed by atoms with Gasteiger partial charge in [0.1, 0.15) is 17.0 Å². The molecule has 32 heavy (non-hydrogen) atoms. The molecule has 0 atom stereocenters. The maximum atomic E-state index is 13.3. The van der Waals surface area contributed by atoms with Crippen LogP contribution in [0.1, 0.15) is 46.5 Å². The van der Waals surface area contributed by atoms with Gasteiger partial charge < -0.3 is 15.1 Å². The van der Waals surface area contributed by atoms with E-state index in [1.165, 1.54) is 29.7 Å². The first-order valence-corrected chi connectivity index (χ1v) is 12.4. The molecule has 2 fully saturated rings. The zero-order chi connectivity index (χ0) is 22.1. The summed E-state index contributed by atoms with van der Waals surface area (Å²) in [5.74, 6) is 0.976. The molecular formula is C25H31N5OS. The lowest BCUT2D eigenvalue weighted by Crippen LogP contribution is -2.44. The van der Waals surface area contributed by atoms with Crippen LogP contribution in [0.3, 0.4) is 0 Å². The number of piperazine rings is 1. The van der Waals surface area contributed by atoms with E-state index in [0.717, 1.165) is 65.5 Å². The molecule has 1 saturated carbocycles. The fraction of sp³-hybridized carbons (Fsp3) is 0.480. The molecule has 0 bridgehead atoms. The predicted molar refractivity (Wildman–Crippen MR) is 131 cm³/mol. The number of benzene rings is 1. The topological polar surface area (TPSA) is 61.4 Å². The van der Waals surface area contributed by atoms with E-state index in [-0.39, 0.29) is 11.3 Å². The van der Waals surface area contributed by atoms with E-state index in [0.29, 0.717) is 6.54 Å². The summed E-state index contributed by atoms with van der Waals surface area (Å²) in [6, 6.07) is 10.7. The number of fused-ring (bicyclic) bond motifs is 1. The normalized spacial score (nSPS) is 18.9. The number of anilines is 1. The third kappa shape index (κ3) is 3.88. The molecule has 1 N–H and O–H groups in total. The summed E-state index contributed by atoms with van der Waals surface area (Å²) < 4.78 is 0. The SMILES string of the molecule is Cc1c(C(=O)NCC2(c3ccccc3)CCCC2)sc2ncnc(N3CCN(C)CC3)c12. The van der Waals surface area contributed by atoms with E-state index in [2.05, 4.69) is 62.5 Å². The van der Waals surface area contributed by atoms with Crippen molar-refractivity contribution >= 4 is 33.3 Å². The van der Waals surface area contributed by atoms with E-state index in [4.69, 9.17) is 0 Å². The minimum Gasteiger partial charge on any atom is -0.353 e. The van der Waals surface area contributed by atoms with Crippen LogP contribution in [-0.2, 0) is 5.41 Å². The average Bonchev–Trinajstić information content (AvgIpc) is 3.44. The number of thiophene rings is 1. The van der Waals surface area contributed by atoms with Crippen LogP contribution in [0.15, 0.2) is 36.7 Å². The first-order valence-electron chi connectivity index (χ1n) is 11.6. The van der Waals surface area contributed by atoms with Crippen molar-refractivity contribution in [2.45, 2.75) is 38.0 Å². The van der Waals surface area contributed by atoms with Crippen molar-refractivity contribution in [3.8, 4) is 0 Å². The summed E-state index contributed by atoms with van der Waals surface area (Å²) in [5, 5.41) is 4.32. The van der Waals surface area contributed by atoms with E-state index in [1.807, 2.05) is 6.92 Å². The van der Waals surface area contributed by atoms with Gasteiger partial charge >= 0.3 is 0 Å². The lowest BCUT2D eigenvalue weighted by atomic mass is 9.79. The van der Waals surface area contributed by atoms with Crippen molar-refractivity contribution in [3.63, 3.8) is 0 Å². The quantitative estimate of drug-likeness (QED) is 0.638. The molecule has 0 radical (unpaired) electrons. The van der Waals surface area contributed by atoms with Gasteiger partial charge in [-0.2, -0.15) is 0 Å². The number of carbonyl (C=O) groups excluding carboxylic acids is 1. The van der Waals surface area contributed by atoms with Crippen molar-refractivity contribution in [2.75, 3.05) is 44.7 Å². The molecule has 1 aromatic carbocycles. The molecule has 1 aliphatic heterocycles. The summed E-state index contributed by atoms with van der Waals surface area (Å²) in [4.78, 5) is 28.8. The van der Waals surface area contributed by atoms with Gasteiger partial charge in [0.25, 0.3) is 5.91 Å². The standard InChI is InChI=1S/C25H31N5OS/c1-18-20-22(30-14-12-29(2)13-15-30)27-17-28-24(20)32-21(18)23(31)26-16-25(10-6-7-11-25)19-8-4-3-5-9-19/h3-5,8-9,17H,6-7,10-16H2,1-2H3,(H,26,31). The van der Waals surface area contributed by atoms with E-state index in [1.54, 1.807) is 6.33 Å². The second-order valence-electron chi connectivity index (χ2n) is 9.26. The van der Waals surface area contributed by atoms with Crippen LogP contribution < -0.4 is 10.2 Å². The molecule has 3 aromatic rings. The highest BCUT2D eigenvalue weighted by Gasteiger charge is 2.36. The Morgan fingerprint density at radius 2 is 1.81 bits per heavy atom. The Morgan fingerprint density at radius 1 is 1.09 bits per heavy atom. The van der Waals surface area contributed by atoms with Crippen LogP contribution >= 0.6 is 11.3 Å². The number of aryl methyl sites for hydroxylation is 1. The van der Waals surface area contributed by atoms with Gasteiger partial charge in [-0.05, 0) is 37.9 Å².